The highest BCUT2D eigenvalue weighted by Gasteiger charge is 2.09. The van der Waals surface area contributed by atoms with E-state index in [2.05, 4.69) is 4.98 Å². The van der Waals surface area contributed by atoms with Crippen molar-refractivity contribution in [2.45, 2.75) is 19.6 Å². The lowest BCUT2D eigenvalue weighted by atomic mass is 10.1. The highest BCUT2D eigenvalue weighted by molar-refractivity contribution is 5.25. The first kappa shape index (κ1) is 10.8. The van der Waals surface area contributed by atoms with Crippen molar-refractivity contribution in [2.75, 3.05) is 0 Å². The Bertz CT molecular complexity index is 468. The molecule has 0 bridgehead atoms. The third-order valence-electron chi connectivity index (χ3n) is 2.51. The number of aryl methyl sites for hydroxylation is 1. The maximum Gasteiger partial charge on any atom is 0.126 e. The van der Waals surface area contributed by atoms with Crippen LogP contribution in [0.2, 0.25) is 0 Å². The second-order valence-corrected chi connectivity index (χ2v) is 3.78. The van der Waals surface area contributed by atoms with Crippen LogP contribution in [0, 0.1) is 12.7 Å². The normalized spacial score (nSPS) is 12.7. The predicted molar refractivity (Wildman–Crippen MR) is 58.3 cm³/mol. The molecule has 0 aliphatic carbocycles. The number of halogens is 1. The Morgan fingerprint density at radius 1 is 1.50 bits per heavy atom. The molecule has 0 aliphatic rings. The van der Waals surface area contributed by atoms with E-state index in [-0.39, 0.29) is 5.82 Å². The fourth-order valence-electron chi connectivity index (χ4n) is 1.57. The van der Waals surface area contributed by atoms with Crippen LogP contribution in [0.5, 0.6) is 0 Å². The number of aliphatic hydroxyl groups is 1. The summed E-state index contributed by atoms with van der Waals surface area (Å²) in [6.45, 7) is 2.11. The van der Waals surface area contributed by atoms with E-state index in [1.165, 1.54) is 6.07 Å². The fourth-order valence-corrected chi connectivity index (χ4v) is 1.57. The third-order valence-corrected chi connectivity index (χ3v) is 2.51. The molecule has 1 unspecified atom stereocenters. The van der Waals surface area contributed by atoms with Crippen molar-refractivity contribution in [1.29, 1.82) is 0 Å². The minimum absolute atomic E-state index is 0.251. The molecule has 0 aliphatic heterocycles. The fraction of sp³-hybridized carbons (Fsp3) is 0.250. The van der Waals surface area contributed by atoms with Crippen LogP contribution in [0.25, 0.3) is 0 Å². The van der Waals surface area contributed by atoms with Gasteiger partial charge in [-0.15, -0.1) is 0 Å². The van der Waals surface area contributed by atoms with E-state index in [0.29, 0.717) is 17.7 Å². The number of nitrogens with zero attached hydrogens (tertiary/aromatic N) is 2. The van der Waals surface area contributed by atoms with Gasteiger partial charge in [-0.3, -0.25) is 0 Å². The summed E-state index contributed by atoms with van der Waals surface area (Å²) in [5.41, 5.74) is 1.26. The number of aliphatic hydroxyl groups excluding tert-OH is 1. The van der Waals surface area contributed by atoms with Crippen molar-refractivity contribution in [2.24, 2.45) is 0 Å². The average molecular weight is 220 g/mol. The molecule has 0 saturated heterocycles. The molecular formula is C12H13FN2O. The van der Waals surface area contributed by atoms with Crippen molar-refractivity contribution in [3.63, 3.8) is 0 Å². The summed E-state index contributed by atoms with van der Waals surface area (Å²) in [5.74, 6) is -0.251. The van der Waals surface area contributed by atoms with Gasteiger partial charge in [0.15, 0.2) is 0 Å². The standard InChI is InChI=1S/C12H13FN2O/c1-9-6-10(2-3-11(9)13)12(16)7-15-5-4-14-8-15/h2-6,8,12,16H,7H2,1H3. The van der Waals surface area contributed by atoms with Gasteiger partial charge in [-0.1, -0.05) is 12.1 Å². The van der Waals surface area contributed by atoms with Crippen molar-refractivity contribution in [3.05, 3.63) is 53.9 Å². The van der Waals surface area contributed by atoms with Crippen LogP contribution in [0.15, 0.2) is 36.9 Å². The second-order valence-electron chi connectivity index (χ2n) is 3.78. The molecule has 0 fully saturated rings. The Morgan fingerprint density at radius 3 is 2.94 bits per heavy atom. The summed E-state index contributed by atoms with van der Waals surface area (Å²) < 4.78 is 14.8. The van der Waals surface area contributed by atoms with Gasteiger partial charge >= 0.3 is 0 Å². The van der Waals surface area contributed by atoms with Crippen molar-refractivity contribution < 1.29 is 9.50 Å². The van der Waals surface area contributed by atoms with E-state index in [1.807, 2.05) is 0 Å². The first-order valence-electron chi connectivity index (χ1n) is 5.06. The molecule has 3 nitrogen and oxygen atoms in total. The van der Waals surface area contributed by atoms with Gasteiger partial charge < -0.3 is 9.67 Å². The monoisotopic (exact) mass is 220 g/mol. The van der Waals surface area contributed by atoms with Crippen LogP contribution >= 0.6 is 0 Å². The van der Waals surface area contributed by atoms with Crippen molar-refractivity contribution >= 4 is 0 Å². The molecule has 4 heteroatoms. The van der Waals surface area contributed by atoms with Gasteiger partial charge in [0, 0.05) is 12.4 Å². The highest BCUT2D eigenvalue weighted by Crippen LogP contribution is 2.18. The lowest BCUT2D eigenvalue weighted by Crippen LogP contribution is -2.07. The molecule has 1 aromatic carbocycles. The lowest BCUT2D eigenvalue weighted by Gasteiger charge is -2.12. The van der Waals surface area contributed by atoms with Crippen LogP contribution in [0.4, 0.5) is 4.39 Å². The Kier molecular flexibility index (Phi) is 3.01. The summed E-state index contributed by atoms with van der Waals surface area (Å²) >= 11 is 0. The Morgan fingerprint density at radius 2 is 2.31 bits per heavy atom. The maximum absolute atomic E-state index is 13.0. The predicted octanol–water partition coefficient (Wildman–Crippen LogP) is 2.06. The maximum atomic E-state index is 13.0. The zero-order valence-electron chi connectivity index (χ0n) is 8.97. The molecule has 1 N–H and O–H groups in total. The number of hydrogen-bond acceptors (Lipinski definition) is 2. The molecule has 0 radical (unpaired) electrons. The van der Waals surface area contributed by atoms with Crippen LogP contribution in [0.1, 0.15) is 17.2 Å². The van der Waals surface area contributed by atoms with Gasteiger partial charge in [-0.05, 0) is 24.1 Å². The summed E-state index contributed by atoms with van der Waals surface area (Å²) in [6.07, 6.45) is 4.43. The van der Waals surface area contributed by atoms with Crippen LogP contribution in [-0.2, 0) is 6.54 Å². The number of imidazole rings is 1. The summed E-state index contributed by atoms with van der Waals surface area (Å²) in [4.78, 5) is 3.89. The molecular weight excluding hydrogens is 207 g/mol. The van der Waals surface area contributed by atoms with Gasteiger partial charge in [-0.25, -0.2) is 9.37 Å². The zero-order chi connectivity index (χ0) is 11.5. The van der Waals surface area contributed by atoms with E-state index in [9.17, 15) is 9.50 Å². The summed E-state index contributed by atoms with van der Waals surface area (Å²) in [5, 5.41) is 9.94. The average Bonchev–Trinajstić information content (AvgIpc) is 2.74. The van der Waals surface area contributed by atoms with E-state index < -0.39 is 6.10 Å². The number of benzene rings is 1. The van der Waals surface area contributed by atoms with Crippen LogP contribution in [-0.4, -0.2) is 14.7 Å². The second kappa shape index (κ2) is 4.45. The highest BCUT2D eigenvalue weighted by atomic mass is 19.1. The molecule has 1 atom stereocenters. The number of rotatable bonds is 3. The lowest BCUT2D eigenvalue weighted by molar-refractivity contribution is 0.156. The van der Waals surface area contributed by atoms with E-state index in [4.69, 9.17) is 0 Å². The molecule has 0 saturated carbocycles. The minimum Gasteiger partial charge on any atom is -0.387 e. The Hall–Kier alpha value is -1.68. The van der Waals surface area contributed by atoms with E-state index >= 15 is 0 Å². The molecule has 16 heavy (non-hydrogen) atoms. The van der Waals surface area contributed by atoms with Gasteiger partial charge in [0.05, 0.1) is 19.0 Å². The molecule has 1 heterocycles. The largest absolute Gasteiger partial charge is 0.387 e. The van der Waals surface area contributed by atoms with E-state index in [1.54, 1.807) is 42.3 Å². The number of aromatic nitrogens is 2. The molecule has 1 aromatic heterocycles. The molecule has 0 spiro atoms. The van der Waals surface area contributed by atoms with Crippen LogP contribution in [0.3, 0.4) is 0 Å². The number of hydrogen-bond donors (Lipinski definition) is 1. The van der Waals surface area contributed by atoms with Crippen LogP contribution < -0.4 is 0 Å². The van der Waals surface area contributed by atoms with Crippen molar-refractivity contribution in [1.82, 2.24) is 9.55 Å². The van der Waals surface area contributed by atoms with E-state index in [0.717, 1.165) is 0 Å². The smallest absolute Gasteiger partial charge is 0.126 e. The zero-order valence-corrected chi connectivity index (χ0v) is 8.97. The quantitative estimate of drug-likeness (QED) is 0.859. The SMILES string of the molecule is Cc1cc(C(O)Cn2ccnc2)ccc1F. The Balaban J connectivity index is 2.14. The van der Waals surface area contributed by atoms with Crippen molar-refractivity contribution in [3.8, 4) is 0 Å². The summed E-state index contributed by atoms with van der Waals surface area (Å²) in [6, 6.07) is 4.64. The third kappa shape index (κ3) is 2.28. The topological polar surface area (TPSA) is 38.0 Å². The Labute approximate surface area is 93.2 Å². The van der Waals surface area contributed by atoms with Gasteiger partial charge in [-0.2, -0.15) is 0 Å². The first-order chi connectivity index (χ1) is 7.66. The van der Waals surface area contributed by atoms with Gasteiger partial charge in [0.1, 0.15) is 5.82 Å². The summed E-state index contributed by atoms with van der Waals surface area (Å²) in [7, 11) is 0. The molecule has 2 rings (SSSR count). The molecule has 2 aromatic rings. The molecule has 0 amide bonds. The molecule has 84 valence electrons. The first-order valence-corrected chi connectivity index (χ1v) is 5.06. The van der Waals surface area contributed by atoms with Gasteiger partial charge in [0.2, 0.25) is 0 Å². The van der Waals surface area contributed by atoms with Gasteiger partial charge in [0.25, 0.3) is 0 Å². The minimum atomic E-state index is -0.645.